The summed E-state index contributed by atoms with van der Waals surface area (Å²) in [5.41, 5.74) is 2.36. The molecule has 0 aromatic carbocycles. The molecule has 1 aliphatic rings. The number of carbonyl (C=O) groups is 1. The quantitative estimate of drug-likeness (QED) is 0.668. The molecule has 0 N–H and O–H groups in total. The third-order valence-electron chi connectivity index (χ3n) is 4.95. The van der Waals surface area contributed by atoms with Gasteiger partial charge in [-0.05, 0) is 38.5 Å². The lowest BCUT2D eigenvalue weighted by Crippen LogP contribution is -2.48. The van der Waals surface area contributed by atoms with Crippen LogP contribution in [0, 0.1) is 6.92 Å². The van der Waals surface area contributed by atoms with Gasteiger partial charge in [0.15, 0.2) is 0 Å². The van der Waals surface area contributed by atoms with Gasteiger partial charge in [-0.15, -0.1) is 0 Å². The zero-order chi connectivity index (χ0) is 18.6. The fourth-order valence-corrected chi connectivity index (χ4v) is 3.74. The van der Waals surface area contributed by atoms with Gasteiger partial charge in [0.05, 0.1) is 17.6 Å². The molecule has 2 unspecified atom stereocenters. The van der Waals surface area contributed by atoms with Crippen LogP contribution in [0.5, 0.6) is 0 Å². The van der Waals surface area contributed by atoms with E-state index in [0.29, 0.717) is 35.5 Å². The van der Waals surface area contributed by atoms with Gasteiger partial charge in [0.1, 0.15) is 17.0 Å². The molecule has 0 radical (unpaired) electrons. The van der Waals surface area contributed by atoms with Gasteiger partial charge in [0.25, 0.3) is 11.5 Å². The van der Waals surface area contributed by atoms with Crippen molar-refractivity contribution in [3.8, 4) is 0 Å². The Labute approximate surface area is 150 Å². The van der Waals surface area contributed by atoms with Crippen LogP contribution in [-0.4, -0.2) is 50.1 Å². The monoisotopic (exact) mass is 354 g/mol. The lowest BCUT2D eigenvalue weighted by Gasteiger charge is -2.35. The Morgan fingerprint density at radius 1 is 1.23 bits per heavy atom. The van der Waals surface area contributed by atoms with E-state index in [1.54, 1.807) is 28.8 Å². The Morgan fingerprint density at radius 2 is 1.92 bits per heavy atom. The highest BCUT2D eigenvalue weighted by atomic mass is 16.5. The number of morpholine rings is 1. The Hall–Kier alpha value is -2.67. The van der Waals surface area contributed by atoms with E-state index >= 15 is 0 Å². The van der Waals surface area contributed by atoms with Crippen molar-refractivity contribution in [3.05, 3.63) is 46.0 Å². The molecule has 7 nitrogen and oxygen atoms in total. The number of hydrogen-bond acceptors (Lipinski definition) is 4. The molecule has 1 saturated heterocycles. The number of aryl methyl sites for hydroxylation is 2. The number of hydrogen-bond donors (Lipinski definition) is 0. The standard InChI is InChI=1S/C19H22N4O3/c1-11-6-5-7-23-16(11)20-17-14(18(23)24)8-15(21(17)4)19(25)22-9-12(2)26-13(3)10-22/h5-8,12-13H,9-10H2,1-4H3. The molecule has 0 aliphatic carbocycles. The predicted octanol–water partition coefficient (Wildman–Crippen LogP) is 1.74. The van der Waals surface area contributed by atoms with Crippen LogP contribution in [0.2, 0.25) is 0 Å². The molecule has 4 heterocycles. The van der Waals surface area contributed by atoms with E-state index < -0.39 is 0 Å². The van der Waals surface area contributed by atoms with Gasteiger partial charge in [-0.25, -0.2) is 4.98 Å². The summed E-state index contributed by atoms with van der Waals surface area (Å²) in [5.74, 6) is -0.0994. The van der Waals surface area contributed by atoms with Crippen LogP contribution < -0.4 is 5.56 Å². The number of fused-ring (bicyclic) bond motifs is 2. The fraction of sp³-hybridized carbons (Fsp3) is 0.421. The van der Waals surface area contributed by atoms with E-state index in [0.717, 1.165) is 5.56 Å². The molecule has 3 aromatic rings. The van der Waals surface area contributed by atoms with E-state index in [1.165, 1.54) is 4.40 Å². The number of nitrogens with zero attached hydrogens (tertiary/aromatic N) is 4. The van der Waals surface area contributed by atoms with Crippen LogP contribution in [0.15, 0.2) is 29.2 Å². The smallest absolute Gasteiger partial charge is 0.270 e. The molecule has 2 atom stereocenters. The molecule has 136 valence electrons. The Bertz CT molecular complexity index is 1070. The van der Waals surface area contributed by atoms with Gasteiger partial charge >= 0.3 is 0 Å². The molecule has 1 aliphatic heterocycles. The summed E-state index contributed by atoms with van der Waals surface area (Å²) >= 11 is 0. The highest BCUT2D eigenvalue weighted by Crippen LogP contribution is 2.20. The Kier molecular flexibility index (Phi) is 3.84. The summed E-state index contributed by atoms with van der Waals surface area (Å²) < 4.78 is 8.96. The predicted molar refractivity (Wildman–Crippen MR) is 98.6 cm³/mol. The highest BCUT2D eigenvalue weighted by molar-refractivity contribution is 5.98. The first kappa shape index (κ1) is 16.8. The van der Waals surface area contributed by atoms with Gasteiger partial charge < -0.3 is 14.2 Å². The topological polar surface area (TPSA) is 68.8 Å². The average Bonchev–Trinajstić information content (AvgIpc) is 2.92. The van der Waals surface area contributed by atoms with E-state index in [-0.39, 0.29) is 23.7 Å². The molecular formula is C19H22N4O3. The minimum Gasteiger partial charge on any atom is -0.372 e. The third kappa shape index (κ3) is 2.50. The fourth-order valence-electron chi connectivity index (χ4n) is 3.74. The maximum absolute atomic E-state index is 13.1. The molecule has 26 heavy (non-hydrogen) atoms. The number of pyridine rings is 1. The summed E-state index contributed by atoms with van der Waals surface area (Å²) in [4.78, 5) is 32.4. The van der Waals surface area contributed by atoms with Crippen molar-refractivity contribution in [1.29, 1.82) is 0 Å². The van der Waals surface area contributed by atoms with Gasteiger partial charge in [0.2, 0.25) is 0 Å². The van der Waals surface area contributed by atoms with Crippen LogP contribution >= 0.6 is 0 Å². The van der Waals surface area contributed by atoms with E-state index in [1.807, 2.05) is 32.9 Å². The van der Waals surface area contributed by atoms with Gasteiger partial charge in [-0.2, -0.15) is 0 Å². The zero-order valence-electron chi connectivity index (χ0n) is 15.4. The van der Waals surface area contributed by atoms with Crippen LogP contribution in [0.25, 0.3) is 16.7 Å². The van der Waals surface area contributed by atoms with Crippen molar-refractivity contribution >= 4 is 22.6 Å². The first-order valence-electron chi connectivity index (χ1n) is 8.79. The van der Waals surface area contributed by atoms with Gasteiger partial charge in [-0.3, -0.25) is 14.0 Å². The normalized spacial score (nSPS) is 20.8. The minimum absolute atomic E-state index is 0.00799. The van der Waals surface area contributed by atoms with Crippen molar-refractivity contribution in [1.82, 2.24) is 18.9 Å². The first-order valence-corrected chi connectivity index (χ1v) is 8.79. The maximum Gasteiger partial charge on any atom is 0.270 e. The minimum atomic E-state index is -0.160. The second kappa shape index (κ2) is 5.95. The second-order valence-corrected chi connectivity index (χ2v) is 7.10. The van der Waals surface area contributed by atoms with Crippen molar-refractivity contribution in [2.45, 2.75) is 33.0 Å². The van der Waals surface area contributed by atoms with Crippen molar-refractivity contribution < 1.29 is 9.53 Å². The Balaban J connectivity index is 1.87. The van der Waals surface area contributed by atoms with Crippen molar-refractivity contribution in [3.63, 3.8) is 0 Å². The molecule has 3 aromatic heterocycles. The molecule has 7 heteroatoms. The average molecular weight is 354 g/mol. The van der Waals surface area contributed by atoms with E-state index in [2.05, 4.69) is 4.98 Å². The summed E-state index contributed by atoms with van der Waals surface area (Å²) in [5, 5.41) is 0.452. The first-order chi connectivity index (χ1) is 12.4. The van der Waals surface area contributed by atoms with Crippen molar-refractivity contribution in [2.24, 2.45) is 7.05 Å². The summed E-state index contributed by atoms with van der Waals surface area (Å²) in [6.45, 7) is 6.91. The van der Waals surface area contributed by atoms with Crippen LogP contribution in [0.4, 0.5) is 0 Å². The van der Waals surface area contributed by atoms with E-state index in [4.69, 9.17) is 4.74 Å². The molecule has 0 saturated carbocycles. The van der Waals surface area contributed by atoms with Crippen LogP contribution in [-0.2, 0) is 11.8 Å². The summed E-state index contributed by atoms with van der Waals surface area (Å²) in [6, 6.07) is 5.40. The third-order valence-corrected chi connectivity index (χ3v) is 4.95. The molecule has 0 spiro atoms. The van der Waals surface area contributed by atoms with Gasteiger partial charge in [0, 0.05) is 26.3 Å². The second-order valence-electron chi connectivity index (χ2n) is 7.10. The molecule has 1 fully saturated rings. The molecule has 1 amide bonds. The highest BCUT2D eigenvalue weighted by Gasteiger charge is 2.29. The molecular weight excluding hydrogens is 332 g/mol. The van der Waals surface area contributed by atoms with Gasteiger partial charge in [-0.1, -0.05) is 6.07 Å². The van der Waals surface area contributed by atoms with E-state index in [9.17, 15) is 9.59 Å². The number of rotatable bonds is 1. The number of amides is 1. The van der Waals surface area contributed by atoms with Crippen molar-refractivity contribution in [2.75, 3.05) is 13.1 Å². The largest absolute Gasteiger partial charge is 0.372 e. The lowest BCUT2D eigenvalue weighted by atomic mass is 10.2. The van der Waals surface area contributed by atoms with Crippen LogP contribution in [0.1, 0.15) is 29.9 Å². The maximum atomic E-state index is 13.1. The SMILES string of the molecule is Cc1cccn2c(=O)c3cc(C(=O)N4CC(C)OC(C)C4)n(C)c3nc12. The summed E-state index contributed by atoms with van der Waals surface area (Å²) in [6.07, 6.45) is 1.69. The molecule has 0 bridgehead atoms. The van der Waals surface area contributed by atoms with Crippen LogP contribution in [0.3, 0.4) is 0 Å². The molecule has 4 rings (SSSR count). The number of ether oxygens (including phenoxy) is 1. The number of carbonyl (C=O) groups excluding carboxylic acids is 1. The summed E-state index contributed by atoms with van der Waals surface area (Å²) in [7, 11) is 1.78. The Morgan fingerprint density at radius 3 is 2.62 bits per heavy atom. The zero-order valence-corrected chi connectivity index (χ0v) is 15.4. The lowest BCUT2D eigenvalue weighted by molar-refractivity contribution is -0.0588. The number of aromatic nitrogens is 3.